The molecule has 0 spiro atoms. The van der Waals surface area contributed by atoms with Crippen molar-refractivity contribution < 1.29 is 27.9 Å². The lowest BCUT2D eigenvalue weighted by molar-refractivity contribution is -0.137. The summed E-state index contributed by atoms with van der Waals surface area (Å²) in [7, 11) is 0. The predicted octanol–water partition coefficient (Wildman–Crippen LogP) is 4.74. The summed E-state index contributed by atoms with van der Waals surface area (Å²) in [6.45, 7) is 0.0255. The van der Waals surface area contributed by atoms with Crippen molar-refractivity contribution >= 4 is 23.2 Å². The Bertz CT molecular complexity index is 1060. The van der Waals surface area contributed by atoms with Crippen LogP contribution in [0, 0.1) is 0 Å². The molecule has 160 valence electrons. The number of nitrogens with one attached hydrogen (secondary N) is 2. The van der Waals surface area contributed by atoms with E-state index in [0.717, 1.165) is 29.8 Å². The smallest absolute Gasteiger partial charge is 0.396 e. The molecule has 0 saturated heterocycles. The monoisotopic (exact) mass is 428 g/mol. The quantitative estimate of drug-likeness (QED) is 0.531. The topological polar surface area (TPSA) is 78.4 Å². The van der Waals surface area contributed by atoms with Gasteiger partial charge in [0.15, 0.2) is 0 Å². The maximum atomic E-state index is 12.7. The minimum absolute atomic E-state index is 0.0255. The van der Waals surface area contributed by atoms with Crippen LogP contribution in [-0.2, 0) is 12.6 Å². The van der Waals surface area contributed by atoms with E-state index in [4.69, 9.17) is 5.11 Å². The maximum Gasteiger partial charge on any atom is 0.416 e. The third kappa shape index (κ3) is 5.70. The van der Waals surface area contributed by atoms with E-state index in [2.05, 4.69) is 10.6 Å². The zero-order valence-electron chi connectivity index (χ0n) is 16.2. The zero-order valence-corrected chi connectivity index (χ0v) is 16.2. The first-order valence-electron chi connectivity index (χ1n) is 9.37. The molecule has 3 aromatic rings. The highest BCUT2D eigenvalue weighted by Crippen LogP contribution is 2.29. The lowest BCUT2D eigenvalue weighted by Crippen LogP contribution is -2.18. The Morgan fingerprint density at radius 2 is 1.45 bits per heavy atom. The number of hydrogen-bond acceptors (Lipinski definition) is 3. The van der Waals surface area contributed by atoms with Crippen molar-refractivity contribution in [3.05, 3.63) is 95.1 Å². The van der Waals surface area contributed by atoms with Crippen LogP contribution in [0.5, 0.6) is 0 Å². The number of benzene rings is 3. The van der Waals surface area contributed by atoms with Crippen LogP contribution in [0.15, 0.2) is 72.8 Å². The van der Waals surface area contributed by atoms with Crippen molar-refractivity contribution in [2.24, 2.45) is 0 Å². The Kier molecular flexibility index (Phi) is 6.71. The highest BCUT2D eigenvalue weighted by molar-refractivity contribution is 6.12. The molecule has 0 atom stereocenters. The molecule has 8 heteroatoms. The van der Waals surface area contributed by atoms with Gasteiger partial charge in [0.1, 0.15) is 0 Å². The number of aliphatic hydroxyl groups is 1. The van der Waals surface area contributed by atoms with Crippen LogP contribution >= 0.6 is 0 Å². The van der Waals surface area contributed by atoms with Gasteiger partial charge in [-0.3, -0.25) is 9.59 Å². The zero-order chi connectivity index (χ0) is 22.4. The number of aliphatic hydroxyl groups excluding tert-OH is 1. The first kappa shape index (κ1) is 22.0. The molecular formula is C23H19F3N2O3. The summed E-state index contributed by atoms with van der Waals surface area (Å²) in [5, 5.41) is 14.3. The molecule has 0 heterocycles. The minimum Gasteiger partial charge on any atom is -0.396 e. The summed E-state index contributed by atoms with van der Waals surface area (Å²) in [5.41, 5.74) is 1.06. The van der Waals surface area contributed by atoms with E-state index >= 15 is 0 Å². The van der Waals surface area contributed by atoms with Crippen molar-refractivity contribution in [1.29, 1.82) is 0 Å². The fourth-order valence-corrected chi connectivity index (χ4v) is 2.88. The fourth-order valence-electron chi connectivity index (χ4n) is 2.88. The number of anilines is 2. The number of rotatable bonds is 6. The number of para-hydroxylation sites is 1. The molecule has 0 aliphatic rings. The second-order valence-corrected chi connectivity index (χ2v) is 6.70. The fraction of sp³-hybridized carbons (Fsp3) is 0.130. The summed E-state index contributed by atoms with van der Waals surface area (Å²) in [6, 6.07) is 17.1. The normalized spacial score (nSPS) is 11.1. The van der Waals surface area contributed by atoms with Gasteiger partial charge in [0.25, 0.3) is 11.8 Å². The summed E-state index contributed by atoms with van der Waals surface area (Å²) in [4.78, 5) is 25.2. The Hall–Kier alpha value is -3.65. The molecule has 31 heavy (non-hydrogen) atoms. The second kappa shape index (κ2) is 9.44. The average Bonchev–Trinajstić information content (AvgIpc) is 2.75. The number of halogens is 3. The highest BCUT2D eigenvalue weighted by atomic mass is 19.4. The van der Waals surface area contributed by atoms with E-state index in [-0.39, 0.29) is 23.4 Å². The lowest BCUT2D eigenvalue weighted by atomic mass is 10.1. The van der Waals surface area contributed by atoms with E-state index in [9.17, 15) is 22.8 Å². The minimum atomic E-state index is -4.49. The number of hydrogen-bond donors (Lipinski definition) is 3. The summed E-state index contributed by atoms with van der Waals surface area (Å²) in [5.74, 6) is -1.10. The predicted molar refractivity (Wildman–Crippen MR) is 111 cm³/mol. The molecule has 0 bridgehead atoms. The Balaban J connectivity index is 1.73. The molecule has 5 nitrogen and oxygen atoms in total. The molecule has 0 fully saturated rings. The van der Waals surface area contributed by atoms with Gasteiger partial charge in [0, 0.05) is 17.9 Å². The van der Waals surface area contributed by atoms with E-state index in [0.29, 0.717) is 12.1 Å². The van der Waals surface area contributed by atoms with Gasteiger partial charge in [0.05, 0.1) is 16.8 Å². The van der Waals surface area contributed by atoms with E-state index in [1.807, 2.05) is 0 Å². The van der Waals surface area contributed by atoms with Crippen molar-refractivity contribution in [3.8, 4) is 0 Å². The van der Waals surface area contributed by atoms with Crippen LogP contribution in [0.2, 0.25) is 0 Å². The van der Waals surface area contributed by atoms with Gasteiger partial charge >= 0.3 is 6.18 Å². The Morgan fingerprint density at radius 1 is 0.806 bits per heavy atom. The van der Waals surface area contributed by atoms with E-state index in [1.54, 1.807) is 36.4 Å². The Morgan fingerprint density at radius 3 is 2.06 bits per heavy atom. The first-order chi connectivity index (χ1) is 14.8. The van der Waals surface area contributed by atoms with Crippen molar-refractivity contribution in [2.75, 3.05) is 17.2 Å². The third-order valence-electron chi connectivity index (χ3n) is 4.51. The van der Waals surface area contributed by atoms with Crippen molar-refractivity contribution in [1.82, 2.24) is 0 Å². The molecule has 0 aromatic heterocycles. The number of carbonyl (C=O) groups excluding carboxylic acids is 2. The van der Waals surface area contributed by atoms with Crippen LogP contribution in [0.1, 0.15) is 31.8 Å². The highest BCUT2D eigenvalue weighted by Gasteiger charge is 2.30. The first-order valence-corrected chi connectivity index (χ1v) is 9.37. The van der Waals surface area contributed by atoms with Crippen molar-refractivity contribution in [2.45, 2.75) is 12.6 Å². The van der Waals surface area contributed by atoms with E-state index < -0.39 is 23.6 Å². The molecule has 0 aliphatic carbocycles. The van der Waals surface area contributed by atoms with Crippen LogP contribution in [0.25, 0.3) is 0 Å². The van der Waals surface area contributed by atoms with Crippen LogP contribution < -0.4 is 10.6 Å². The molecule has 3 N–H and O–H groups in total. The number of alkyl halides is 3. The molecule has 0 radical (unpaired) electrons. The van der Waals surface area contributed by atoms with Gasteiger partial charge in [-0.2, -0.15) is 13.2 Å². The molecule has 0 saturated carbocycles. The van der Waals surface area contributed by atoms with Gasteiger partial charge < -0.3 is 15.7 Å². The number of amides is 2. The van der Waals surface area contributed by atoms with Crippen LogP contribution in [-0.4, -0.2) is 23.5 Å². The van der Waals surface area contributed by atoms with Crippen molar-refractivity contribution in [3.63, 3.8) is 0 Å². The molecule has 3 aromatic carbocycles. The molecule has 3 rings (SSSR count). The molecular weight excluding hydrogens is 409 g/mol. The van der Waals surface area contributed by atoms with Gasteiger partial charge in [0.2, 0.25) is 0 Å². The second-order valence-electron chi connectivity index (χ2n) is 6.70. The maximum absolute atomic E-state index is 12.7. The van der Waals surface area contributed by atoms with Gasteiger partial charge in [-0.25, -0.2) is 0 Å². The van der Waals surface area contributed by atoms with E-state index in [1.165, 1.54) is 12.1 Å². The summed E-state index contributed by atoms with van der Waals surface area (Å²) < 4.78 is 38.1. The molecule has 0 unspecified atom stereocenters. The van der Waals surface area contributed by atoms with Gasteiger partial charge in [-0.15, -0.1) is 0 Å². The average molecular weight is 428 g/mol. The Labute approximate surface area is 176 Å². The van der Waals surface area contributed by atoms with Gasteiger partial charge in [-0.1, -0.05) is 24.3 Å². The van der Waals surface area contributed by atoms with Gasteiger partial charge in [-0.05, 0) is 60.5 Å². The standard InChI is InChI=1S/C23H19F3N2O3/c24-23(25,26)17-9-7-16(8-10-17)21(30)28-20-4-2-1-3-19(20)22(31)27-18-11-5-15(6-12-18)13-14-29/h1-12,29H,13-14H2,(H,27,31)(H,28,30). The van der Waals surface area contributed by atoms with Crippen LogP contribution in [0.4, 0.5) is 24.5 Å². The largest absolute Gasteiger partial charge is 0.416 e. The summed E-state index contributed by atoms with van der Waals surface area (Å²) >= 11 is 0. The SMILES string of the molecule is O=C(Nc1ccccc1C(=O)Nc1ccc(CCO)cc1)c1ccc(C(F)(F)F)cc1. The summed E-state index contributed by atoms with van der Waals surface area (Å²) in [6.07, 6.45) is -3.98. The molecule has 2 amide bonds. The molecule has 0 aliphatic heterocycles. The van der Waals surface area contributed by atoms with Crippen LogP contribution in [0.3, 0.4) is 0 Å². The number of carbonyl (C=O) groups is 2. The lowest BCUT2D eigenvalue weighted by Gasteiger charge is -2.12. The third-order valence-corrected chi connectivity index (χ3v) is 4.51.